The number of ketones is 1. The first-order valence-corrected chi connectivity index (χ1v) is 19.6. The first-order chi connectivity index (χ1) is 27.7. The molecule has 0 unspecified atom stereocenters. The van der Waals surface area contributed by atoms with Gasteiger partial charge >= 0.3 is 5.97 Å². The fourth-order valence-corrected chi connectivity index (χ4v) is 8.45. The molecule has 1 atom stereocenters. The van der Waals surface area contributed by atoms with Crippen molar-refractivity contribution in [1.29, 1.82) is 0 Å². The van der Waals surface area contributed by atoms with Gasteiger partial charge in [0.1, 0.15) is 11.3 Å². The Morgan fingerprint density at radius 3 is 2.19 bits per heavy atom. The number of Topliss-reactive ketones (excluding diaryl/α,β-unsaturated/α-hetero) is 1. The lowest BCUT2D eigenvalue weighted by molar-refractivity contribution is 0.0690. The molecule has 0 bridgehead atoms. The van der Waals surface area contributed by atoms with E-state index in [1.807, 2.05) is 39.8 Å². The zero-order valence-electron chi connectivity index (χ0n) is 32.8. The number of amides is 1. The molecule has 12 heteroatoms. The predicted molar refractivity (Wildman–Crippen MR) is 216 cm³/mol. The van der Waals surface area contributed by atoms with Crippen LogP contribution in [0.15, 0.2) is 91.0 Å². The number of carbonyl (C=O) groups is 3. The number of carboxylic acid groups (broad SMARTS) is 1. The molecule has 2 aliphatic heterocycles. The minimum atomic E-state index is -1.04. The van der Waals surface area contributed by atoms with Crippen LogP contribution in [0.25, 0.3) is 11.0 Å². The van der Waals surface area contributed by atoms with Gasteiger partial charge in [-0.3, -0.25) is 9.59 Å². The van der Waals surface area contributed by atoms with Crippen molar-refractivity contribution in [3.63, 3.8) is 0 Å². The lowest BCUT2D eigenvalue weighted by atomic mass is 9.76. The average molecular weight is 775 g/mol. The summed E-state index contributed by atoms with van der Waals surface area (Å²) in [5, 5.41) is 9.52. The van der Waals surface area contributed by atoms with E-state index in [0.29, 0.717) is 67.0 Å². The second kappa shape index (κ2) is 17.5. The highest BCUT2D eigenvalue weighted by Crippen LogP contribution is 2.42. The number of benzene rings is 4. The topological polar surface area (TPSA) is 133 Å². The van der Waals surface area contributed by atoms with Crippen molar-refractivity contribution in [3.8, 4) is 23.0 Å². The number of aryl methyl sites for hydroxylation is 1. The quantitative estimate of drug-likeness (QED) is 0.0826. The molecule has 3 heterocycles. The van der Waals surface area contributed by atoms with Gasteiger partial charge in [0, 0.05) is 36.5 Å². The van der Waals surface area contributed by atoms with Gasteiger partial charge < -0.3 is 38.4 Å². The third-order valence-electron chi connectivity index (χ3n) is 11.6. The predicted octanol–water partition coefficient (Wildman–Crippen LogP) is 7.00. The van der Waals surface area contributed by atoms with E-state index in [-0.39, 0.29) is 28.6 Å². The number of aromatic nitrogens is 2. The zero-order chi connectivity index (χ0) is 39.9. The highest BCUT2D eigenvalue weighted by Gasteiger charge is 2.42. The van der Waals surface area contributed by atoms with Crippen molar-refractivity contribution in [2.24, 2.45) is 5.92 Å². The molecule has 0 spiro atoms. The van der Waals surface area contributed by atoms with Crippen LogP contribution in [0.4, 0.5) is 0 Å². The number of fused-ring (bicyclic) bond motifs is 1. The number of rotatable bonds is 16. The Morgan fingerprint density at radius 1 is 0.807 bits per heavy atom. The molecule has 5 aromatic rings. The zero-order valence-corrected chi connectivity index (χ0v) is 32.8. The maximum Gasteiger partial charge on any atom is 0.339 e. The molecule has 0 radical (unpaired) electrons. The van der Waals surface area contributed by atoms with Crippen LogP contribution in [0.5, 0.6) is 23.0 Å². The molecule has 0 saturated carbocycles. The minimum Gasteiger partial charge on any atom is -0.493 e. The molecule has 4 aromatic carbocycles. The summed E-state index contributed by atoms with van der Waals surface area (Å²) in [6.07, 6.45) is 3.77. The molecule has 2 fully saturated rings. The van der Waals surface area contributed by atoms with Gasteiger partial charge in [0.25, 0.3) is 5.91 Å². The summed E-state index contributed by atoms with van der Waals surface area (Å²) in [6, 6.07) is 28.3. The smallest absolute Gasteiger partial charge is 0.339 e. The molecule has 1 aromatic heterocycles. The number of likely N-dealkylation sites (tertiary alicyclic amines) is 2. The fraction of sp³-hybridized carbons (Fsp3) is 0.378. The van der Waals surface area contributed by atoms with E-state index < -0.39 is 5.97 Å². The molecule has 0 aliphatic carbocycles. The van der Waals surface area contributed by atoms with Crippen molar-refractivity contribution in [1.82, 2.24) is 19.4 Å². The Hall–Kier alpha value is -5.88. The standard InChI is InChI=1S/C45H50N4O8/c1-54-38-28-32(29-39(55-2)41(38)56-3)43(51)48-26-21-45(30-48,33-12-5-4-6-13-33)20-25-47-23-18-31(19-24-47)40(50)42-46-35-15-8-9-16-36(35)49(42)22-11-27-57-37-17-10-7-14-34(37)44(52)53/h4-10,12-17,28-29,31H,11,18-27,30H2,1-3H3,(H,52,53)/t45-/m1/s1. The van der Waals surface area contributed by atoms with E-state index in [2.05, 4.69) is 29.2 Å². The van der Waals surface area contributed by atoms with Crippen LogP contribution in [-0.2, 0) is 12.0 Å². The molecule has 2 aliphatic rings. The molecule has 1 N–H and O–H groups in total. The first kappa shape index (κ1) is 39.4. The maximum absolute atomic E-state index is 14.1. The number of hydrogen-bond acceptors (Lipinski definition) is 9. The van der Waals surface area contributed by atoms with Crippen molar-refractivity contribution < 1.29 is 38.4 Å². The minimum absolute atomic E-state index is 0.0560. The lowest BCUT2D eigenvalue weighted by Gasteiger charge is -2.36. The molecule has 1 amide bonds. The molecule has 57 heavy (non-hydrogen) atoms. The number of carbonyl (C=O) groups excluding carboxylic acids is 2. The Bertz CT molecular complexity index is 2190. The second-order valence-corrected chi connectivity index (χ2v) is 14.8. The number of imidazole rings is 1. The SMILES string of the molecule is COc1cc(C(=O)N2CC[C@@](CCN3CCC(C(=O)c4nc5ccccc5n4CCCOc4ccccc4C(=O)O)CC3)(c3ccccc3)C2)cc(OC)c1OC. The summed E-state index contributed by atoms with van der Waals surface area (Å²) in [7, 11) is 4.64. The van der Waals surface area contributed by atoms with Gasteiger partial charge in [-0.05, 0) is 93.7 Å². The van der Waals surface area contributed by atoms with Gasteiger partial charge in [-0.15, -0.1) is 0 Å². The fourth-order valence-electron chi connectivity index (χ4n) is 8.45. The summed E-state index contributed by atoms with van der Waals surface area (Å²) < 4.78 is 24.4. The van der Waals surface area contributed by atoms with Crippen LogP contribution in [-0.4, -0.2) is 103 Å². The third-order valence-corrected chi connectivity index (χ3v) is 11.6. The number of piperidine rings is 1. The Labute approximate surface area is 332 Å². The van der Waals surface area contributed by atoms with E-state index in [0.717, 1.165) is 56.4 Å². The Morgan fingerprint density at radius 2 is 1.49 bits per heavy atom. The number of ether oxygens (including phenoxy) is 4. The van der Waals surface area contributed by atoms with Crippen molar-refractivity contribution >= 4 is 28.7 Å². The largest absolute Gasteiger partial charge is 0.493 e. The summed E-state index contributed by atoms with van der Waals surface area (Å²) in [4.78, 5) is 48.9. The lowest BCUT2D eigenvalue weighted by Crippen LogP contribution is -2.41. The van der Waals surface area contributed by atoms with Crippen LogP contribution >= 0.6 is 0 Å². The molecule has 7 rings (SSSR count). The summed E-state index contributed by atoms with van der Waals surface area (Å²) in [5.74, 6) is 0.929. The second-order valence-electron chi connectivity index (χ2n) is 14.8. The van der Waals surface area contributed by atoms with E-state index in [4.69, 9.17) is 23.9 Å². The maximum atomic E-state index is 14.1. The number of carboxylic acids is 1. The van der Waals surface area contributed by atoms with Gasteiger partial charge in [-0.1, -0.05) is 54.6 Å². The van der Waals surface area contributed by atoms with E-state index >= 15 is 0 Å². The third kappa shape index (κ3) is 8.32. The van der Waals surface area contributed by atoms with Gasteiger partial charge in [0.2, 0.25) is 11.5 Å². The van der Waals surface area contributed by atoms with Crippen LogP contribution in [0, 0.1) is 5.92 Å². The van der Waals surface area contributed by atoms with E-state index in [1.165, 1.54) is 11.6 Å². The van der Waals surface area contributed by atoms with Gasteiger partial charge in [0.05, 0.1) is 39.0 Å². The van der Waals surface area contributed by atoms with Crippen LogP contribution in [0.3, 0.4) is 0 Å². The highest BCUT2D eigenvalue weighted by molar-refractivity contribution is 5.98. The number of hydrogen-bond donors (Lipinski definition) is 1. The first-order valence-electron chi connectivity index (χ1n) is 19.6. The molecular formula is C45H50N4O8. The molecular weight excluding hydrogens is 725 g/mol. The molecule has 12 nitrogen and oxygen atoms in total. The van der Waals surface area contributed by atoms with Gasteiger partial charge in [0.15, 0.2) is 17.3 Å². The van der Waals surface area contributed by atoms with Crippen molar-refractivity contribution in [2.75, 3.05) is 60.7 Å². The van der Waals surface area contributed by atoms with E-state index in [1.54, 1.807) is 51.7 Å². The van der Waals surface area contributed by atoms with Crippen molar-refractivity contribution in [2.45, 2.75) is 44.1 Å². The Balaban J connectivity index is 0.992. The summed E-state index contributed by atoms with van der Waals surface area (Å²) in [5.41, 5.74) is 3.29. The number of methoxy groups -OCH3 is 3. The number of aromatic carboxylic acids is 1. The van der Waals surface area contributed by atoms with Crippen LogP contribution in [0.2, 0.25) is 0 Å². The average Bonchev–Trinajstić information content (AvgIpc) is 3.87. The monoisotopic (exact) mass is 774 g/mol. The molecule has 2 saturated heterocycles. The molecule has 298 valence electrons. The van der Waals surface area contributed by atoms with Crippen LogP contribution in [0.1, 0.15) is 69.0 Å². The van der Waals surface area contributed by atoms with Crippen molar-refractivity contribution in [3.05, 3.63) is 114 Å². The highest BCUT2D eigenvalue weighted by atomic mass is 16.5. The van der Waals surface area contributed by atoms with Gasteiger partial charge in [-0.2, -0.15) is 0 Å². The van der Waals surface area contributed by atoms with Gasteiger partial charge in [-0.25, -0.2) is 9.78 Å². The Kier molecular flexibility index (Phi) is 12.1. The summed E-state index contributed by atoms with van der Waals surface area (Å²) in [6.45, 7) is 4.48. The van der Waals surface area contributed by atoms with E-state index in [9.17, 15) is 19.5 Å². The summed E-state index contributed by atoms with van der Waals surface area (Å²) >= 11 is 0. The number of para-hydroxylation sites is 3. The number of nitrogens with zero attached hydrogens (tertiary/aromatic N) is 4. The normalized spacial score (nSPS) is 17.4. The van der Waals surface area contributed by atoms with Crippen LogP contribution < -0.4 is 18.9 Å².